The first-order chi connectivity index (χ1) is 7.24. The number of aromatic amines is 1. The van der Waals surface area contributed by atoms with Crippen LogP contribution in [0.4, 0.5) is 0 Å². The van der Waals surface area contributed by atoms with Crippen LogP contribution < -0.4 is 0 Å². The monoisotopic (exact) mass is 301 g/mol. The number of hydrogen-bond donors (Lipinski definition) is 1. The van der Waals surface area contributed by atoms with Gasteiger partial charge in [0, 0.05) is 42.9 Å². The number of nitrogens with one attached hydrogen (secondary N) is 1. The van der Waals surface area contributed by atoms with Crippen LogP contribution in [0.15, 0.2) is 30.9 Å². The fourth-order valence-electron chi connectivity index (χ4n) is 2.16. The van der Waals surface area contributed by atoms with E-state index in [0.29, 0.717) is 0 Å². The molecule has 2 heteroatoms. The van der Waals surface area contributed by atoms with Crippen molar-refractivity contribution in [2.45, 2.75) is 26.7 Å². The molecular weight excluding hydrogens is 283 g/mol. The van der Waals surface area contributed by atoms with Gasteiger partial charge in [-0.05, 0) is 31.4 Å². The minimum Gasteiger partial charge on any atom is -0.361 e. The maximum absolute atomic E-state index is 3.81. The fourth-order valence-corrected chi connectivity index (χ4v) is 2.16. The second kappa shape index (κ2) is 5.45. The van der Waals surface area contributed by atoms with E-state index < -0.39 is 0 Å². The predicted molar refractivity (Wildman–Crippen MR) is 65.9 cm³/mol. The molecule has 0 unspecified atom stereocenters. The van der Waals surface area contributed by atoms with Crippen molar-refractivity contribution >= 4 is 5.57 Å². The van der Waals surface area contributed by atoms with E-state index in [1.165, 1.54) is 28.1 Å². The standard InChI is InChI=1S/C14H17N.Ru/c1-4-7-13-14(10(2)11(3)15-13)12-8-5-6-9-12;/h4-6,8,15H,1,7,9H2,2-3H3;. The molecule has 1 aromatic rings. The average molecular weight is 300 g/mol. The summed E-state index contributed by atoms with van der Waals surface area (Å²) in [5, 5.41) is 0. The van der Waals surface area contributed by atoms with E-state index in [1.54, 1.807) is 0 Å². The Balaban J connectivity index is 0.00000128. The van der Waals surface area contributed by atoms with Crippen LogP contribution in [0.5, 0.6) is 0 Å². The molecule has 0 saturated carbocycles. The summed E-state index contributed by atoms with van der Waals surface area (Å²) in [4.78, 5) is 3.45. The number of hydrogen-bond acceptors (Lipinski definition) is 0. The van der Waals surface area contributed by atoms with Crippen molar-refractivity contribution in [3.8, 4) is 0 Å². The van der Waals surface area contributed by atoms with Crippen LogP contribution in [0.25, 0.3) is 5.57 Å². The van der Waals surface area contributed by atoms with Crippen LogP contribution in [-0.2, 0) is 25.9 Å². The van der Waals surface area contributed by atoms with Crippen LogP contribution in [0, 0.1) is 13.8 Å². The summed E-state index contributed by atoms with van der Waals surface area (Å²) in [5.74, 6) is 0. The van der Waals surface area contributed by atoms with Crippen LogP contribution in [0.2, 0.25) is 0 Å². The van der Waals surface area contributed by atoms with Crippen molar-refractivity contribution in [1.29, 1.82) is 0 Å². The van der Waals surface area contributed by atoms with Gasteiger partial charge in [-0.25, -0.2) is 0 Å². The van der Waals surface area contributed by atoms with Gasteiger partial charge in [0.15, 0.2) is 0 Å². The maximum atomic E-state index is 3.81. The number of allylic oxidation sites excluding steroid dienone is 5. The van der Waals surface area contributed by atoms with E-state index in [4.69, 9.17) is 0 Å². The van der Waals surface area contributed by atoms with Crippen molar-refractivity contribution in [3.05, 3.63) is 53.4 Å². The Bertz CT molecular complexity index is 450. The summed E-state index contributed by atoms with van der Waals surface area (Å²) in [5.41, 5.74) is 6.78. The van der Waals surface area contributed by atoms with Crippen LogP contribution in [-0.4, -0.2) is 4.98 Å². The normalized spacial score (nSPS) is 13.5. The van der Waals surface area contributed by atoms with E-state index in [9.17, 15) is 0 Å². The number of aryl methyl sites for hydroxylation is 1. The molecule has 16 heavy (non-hydrogen) atoms. The van der Waals surface area contributed by atoms with Crippen molar-refractivity contribution in [2.75, 3.05) is 0 Å². The Hall–Kier alpha value is -0.877. The van der Waals surface area contributed by atoms with E-state index in [0.717, 1.165) is 12.8 Å². The molecule has 0 aromatic carbocycles. The first-order valence-corrected chi connectivity index (χ1v) is 5.39. The third-order valence-corrected chi connectivity index (χ3v) is 3.02. The molecule has 0 aliphatic heterocycles. The van der Waals surface area contributed by atoms with Gasteiger partial charge in [0.25, 0.3) is 0 Å². The molecular formula is C14H17NRu. The first kappa shape index (κ1) is 13.2. The minimum atomic E-state index is 0. The van der Waals surface area contributed by atoms with E-state index in [2.05, 4.69) is 43.6 Å². The third-order valence-electron chi connectivity index (χ3n) is 3.02. The Morgan fingerprint density at radius 2 is 2.19 bits per heavy atom. The summed E-state index contributed by atoms with van der Waals surface area (Å²) in [6.07, 6.45) is 10.5. The van der Waals surface area contributed by atoms with Gasteiger partial charge < -0.3 is 4.98 Å². The van der Waals surface area contributed by atoms with Gasteiger partial charge in [-0.1, -0.05) is 24.3 Å². The third kappa shape index (κ3) is 2.27. The van der Waals surface area contributed by atoms with Crippen molar-refractivity contribution in [2.24, 2.45) is 0 Å². The van der Waals surface area contributed by atoms with Crippen LogP contribution in [0.1, 0.15) is 28.9 Å². The van der Waals surface area contributed by atoms with E-state index in [-0.39, 0.29) is 19.5 Å². The van der Waals surface area contributed by atoms with Gasteiger partial charge in [0.1, 0.15) is 0 Å². The average Bonchev–Trinajstić information content (AvgIpc) is 2.78. The van der Waals surface area contributed by atoms with Crippen molar-refractivity contribution in [3.63, 3.8) is 0 Å². The molecule has 1 nitrogen and oxygen atoms in total. The Labute approximate surface area is 110 Å². The molecule has 0 spiro atoms. The molecule has 0 radical (unpaired) electrons. The van der Waals surface area contributed by atoms with E-state index >= 15 is 0 Å². The van der Waals surface area contributed by atoms with E-state index in [1.807, 2.05) is 6.08 Å². The molecule has 1 aliphatic carbocycles. The Kier molecular flexibility index (Phi) is 4.49. The molecule has 0 atom stereocenters. The van der Waals surface area contributed by atoms with Crippen LogP contribution >= 0.6 is 0 Å². The quantitative estimate of drug-likeness (QED) is 0.647. The zero-order chi connectivity index (χ0) is 10.8. The SMILES string of the molecule is C=CCc1[nH]c(C)c(C)c1C1=CC=CC1.[Ru]. The summed E-state index contributed by atoms with van der Waals surface area (Å²) >= 11 is 0. The largest absolute Gasteiger partial charge is 0.361 e. The first-order valence-electron chi connectivity index (χ1n) is 5.39. The maximum Gasteiger partial charge on any atom is 0.0266 e. The summed E-state index contributed by atoms with van der Waals surface area (Å²) in [6, 6.07) is 0. The molecule has 1 N–H and O–H groups in total. The molecule has 1 aromatic heterocycles. The van der Waals surface area contributed by atoms with Gasteiger partial charge in [-0.3, -0.25) is 0 Å². The van der Waals surface area contributed by atoms with Gasteiger partial charge in [-0.15, -0.1) is 6.58 Å². The Morgan fingerprint density at radius 1 is 1.44 bits per heavy atom. The summed E-state index contributed by atoms with van der Waals surface area (Å²) < 4.78 is 0. The molecule has 86 valence electrons. The molecule has 0 amide bonds. The fraction of sp³-hybridized carbons (Fsp3) is 0.286. The molecule has 0 saturated heterocycles. The van der Waals surface area contributed by atoms with Crippen molar-refractivity contribution < 1.29 is 19.5 Å². The molecule has 0 fully saturated rings. The number of H-pyrrole nitrogens is 1. The zero-order valence-electron chi connectivity index (χ0n) is 9.78. The molecule has 2 rings (SSSR count). The number of rotatable bonds is 3. The Morgan fingerprint density at radius 3 is 2.75 bits per heavy atom. The minimum absolute atomic E-state index is 0. The van der Waals surface area contributed by atoms with Gasteiger partial charge >= 0.3 is 0 Å². The topological polar surface area (TPSA) is 15.8 Å². The number of aromatic nitrogens is 1. The predicted octanol–water partition coefficient (Wildman–Crippen LogP) is 3.70. The van der Waals surface area contributed by atoms with Gasteiger partial charge in [0.05, 0.1) is 0 Å². The van der Waals surface area contributed by atoms with Gasteiger partial charge in [-0.2, -0.15) is 0 Å². The second-order valence-electron chi connectivity index (χ2n) is 4.05. The molecule has 1 heterocycles. The molecule has 1 aliphatic rings. The second-order valence-corrected chi connectivity index (χ2v) is 4.05. The van der Waals surface area contributed by atoms with Crippen LogP contribution in [0.3, 0.4) is 0 Å². The summed E-state index contributed by atoms with van der Waals surface area (Å²) in [6.45, 7) is 8.13. The smallest absolute Gasteiger partial charge is 0.0266 e. The summed E-state index contributed by atoms with van der Waals surface area (Å²) in [7, 11) is 0. The zero-order valence-corrected chi connectivity index (χ0v) is 11.5. The molecule has 0 bridgehead atoms. The van der Waals surface area contributed by atoms with Gasteiger partial charge in [0.2, 0.25) is 0 Å². The van der Waals surface area contributed by atoms with Crippen molar-refractivity contribution in [1.82, 2.24) is 4.98 Å².